The van der Waals surface area contributed by atoms with Crippen molar-refractivity contribution in [1.82, 2.24) is 9.62 Å². The van der Waals surface area contributed by atoms with Gasteiger partial charge in [0.25, 0.3) is 0 Å². The van der Waals surface area contributed by atoms with E-state index in [1.807, 2.05) is 37.3 Å². The number of aliphatic carboxylic acids is 1. The number of carbonyl (C=O) groups is 3. The monoisotopic (exact) mass is 592 g/mol. The second kappa shape index (κ2) is 16.5. The van der Waals surface area contributed by atoms with Crippen molar-refractivity contribution in [2.75, 3.05) is 18.8 Å². The Morgan fingerprint density at radius 3 is 2.27 bits per heavy atom. The number of nitrogens with zero attached hydrogens (tertiary/aromatic N) is 1. The number of nitrogens with one attached hydrogen (secondary N) is 1. The summed E-state index contributed by atoms with van der Waals surface area (Å²) in [5.74, 6) is -1.67. The van der Waals surface area contributed by atoms with E-state index in [2.05, 4.69) is 4.72 Å². The van der Waals surface area contributed by atoms with E-state index in [1.165, 1.54) is 23.9 Å². The van der Waals surface area contributed by atoms with Crippen molar-refractivity contribution in [1.29, 1.82) is 0 Å². The van der Waals surface area contributed by atoms with E-state index in [4.69, 9.17) is 11.5 Å². The molecule has 0 radical (unpaired) electrons. The first kappa shape index (κ1) is 33.4. The van der Waals surface area contributed by atoms with Crippen molar-refractivity contribution in [2.45, 2.75) is 68.3 Å². The summed E-state index contributed by atoms with van der Waals surface area (Å²) in [4.78, 5) is 39.8. The molecule has 0 aliphatic heterocycles. The van der Waals surface area contributed by atoms with Crippen LogP contribution in [0.15, 0.2) is 59.5 Å². The summed E-state index contributed by atoms with van der Waals surface area (Å²) in [7, 11) is -4.12. The third kappa shape index (κ3) is 10.3. The van der Waals surface area contributed by atoms with Crippen LogP contribution >= 0.6 is 11.8 Å². The van der Waals surface area contributed by atoms with Gasteiger partial charge >= 0.3 is 5.97 Å². The van der Waals surface area contributed by atoms with Gasteiger partial charge in [-0.15, -0.1) is 0 Å². The second-order valence-corrected chi connectivity index (χ2v) is 12.3. The van der Waals surface area contributed by atoms with Crippen LogP contribution in [0.1, 0.15) is 43.7 Å². The number of thioether (sulfide) groups is 1. The van der Waals surface area contributed by atoms with E-state index in [1.54, 1.807) is 19.1 Å². The minimum atomic E-state index is -4.12. The van der Waals surface area contributed by atoms with Crippen LogP contribution in [-0.4, -0.2) is 73.1 Å². The molecule has 3 unspecified atom stereocenters. The summed E-state index contributed by atoms with van der Waals surface area (Å²) in [5, 5.41) is 9.60. The maximum absolute atomic E-state index is 13.8. The predicted octanol–water partition coefficient (Wildman–Crippen LogP) is 2.29. The molecule has 10 nitrogen and oxygen atoms in total. The normalized spacial score (nSPS) is 13.8. The van der Waals surface area contributed by atoms with Gasteiger partial charge in [0.2, 0.25) is 15.9 Å². The van der Waals surface area contributed by atoms with Crippen LogP contribution in [-0.2, 0) is 30.2 Å². The molecule has 2 aromatic rings. The summed E-state index contributed by atoms with van der Waals surface area (Å²) >= 11 is 1.46. The molecule has 0 aromatic heterocycles. The number of carbonyl (C=O) groups excluding carboxylic acids is 2. The van der Waals surface area contributed by atoms with Gasteiger partial charge < -0.3 is 21.5 Å². The molecule has 2 aromatic carbocycles. The molecule has 12 heteroatoms. The Kier molecular flexibility index (Phi) is 13.8. The highest BCUT2D eigenvalue weighted by molar-refractivity contribution is 7.98. The van der Waals surface area contributed by atoms with Gasteiger partial charge in [0.05, 0.1) is 17.0 Å². The lowest BCUT2D eigenvalue weighted by molar-refractivity contribution is -0.149. The zero-order valence-corrected chi connectivity index (χ0v) is 24.6. The lowest BCUT2D eigenvalue weighted by Gasteiger charge is -2.33. The Labute approximate surface area is 240 Å². The van der Waals surface area contributed by atoms with Crippen LogP contribution in [0, 0.1) is 6.92 Å². The molecule has 3 atom stereocenters. The van der Waals surface area contributed by atoms with Crippen molar-refractivity contribution >= 4 is 39.4 Å². The number of carboxylic acids is 1. The van der Waals surface area contributed by atoms with Crippen molar-refractivity contribution in [3.05, 3.63) is 65.7 Å². The van der Waals surface area contributed by atoms with Gasteiger partial charge in [-0.3, -0.25) is 14.4 Å². The lowest BCUT2D eigenvalue weighted by Crippen LogP contribution is -2.57. The maximum Gasteiger partial charge on any atom is 0.323 e. The van der Waals surface area contributed by atoms with E-state index >= 15 is 0 Å². The second-order valence-electron chi connectivity index (χ2n) is 9.56. The zero-order chi connectivity index (χ0) is 29.7. The summed E-state index contributed by atoms with van der Waals surface area (Å²) in [6, 6.07) is 12.4. The minimum absolute atomic E-state index is 0.0277. The first-order chi connectivity index (χ1) is 19.0. The molecule has 2 rings (SSSR count). The van der Waals surface area contributed by atoms with Crippen molar-refractivity contribution in [3.63, 3.8) is 0 Å². The number of hydrogen-bond acceptors (Lipinski definition) is 8. The van der Waals surface area contributed by atoms with Crippen LogP contribution < -0.4 is 16.2 Å². The predicted molar refractivity (Wildman–Crippen MR) is 157 cm³/mol. The number of Topliss-reactive ketones (excluding diaryl/α,β-unsaturated/α-hetero) is 1. The number of rotatable bonds is 18. The summed E-state index contributed by atoms with van der Waals surface area (Å²) in [5.41, 5.74) is 13.7. The quantitative estimate of drug-likeness (QED) is 0.189. The Morgan fingerprint density at radius 2 is 1.70 bits per heavy atom. The zero-order valence-electron chi connectivity index (χ0n) is 23.0. The number of amides is 1. The molecule has 1 amide bonds. The number of benzene rings is 2. The van der Waals surface area contributed by atoms with Crippen LogP contribution in [0.4, 0.5) is 0 Å². The molecular formula is C28H40N4O6S2. The highest BCUT2D eigenvalue weighted by atomic mass is 32.2. The van der Waals surface area contributed by atoms with E-state index < -0.39 is 52.4 Å². The summed E-state index contributed by atoms with van der Waals surface area (Å²) < 4.78 is 28.7. The molecule has 40 heavy (non-hydrogen) atoms. The van der Waals surface area contributed by atoms with Crippen LogP contribution in [0.2, 0.25) is 0 Å². The van der Waals surface area contributed by atoms with Gasteiger partial charge in [-0.05, 0) is 50.4 Å². The number of aryl methyl sites for hydroxylation is 1. The Balaban J connectivity index is 2.26. The van der Waals surface area contributed by atoms with Gasteiger partial charge in [0.15, 0.2) is 5.78 Å². The molecule has 0 aliphatic rings. The molecule has 220 valence electrons. The van der Waals surface area contributed by atoms with Gasteiger partial charge in [-0.1, -0.05) is 61.4 Å². The molecule has 0 aliphatic carbocycles. The maximum atomic E-state index is 13.8. The van der Waals surface area contributed by atoms with E-state index in [0.29, 0.717) is 25.1 Å². The average molecular weight is 593 g/mol. The largest absolute Gasteiger partial charge is 0.480 e. The van der Waals surface area contributed by atoms with Gasteiger partial charge in [-0.25, -0.2) is 8.42 Å². The standard InChI is InChI=1S/C28H40N4O6S2/c1-3-25(27(35)23(30)19-39-18-21-9-5-4-6-10-21)32(17-26(33)34)28(36)24(11-7-8-16-29)31-40(37,38)22-14-12-20(2)13-15-22/h4-6,9-10,12-15,23-25,31H,3,7-8,11,16-19,29-30H2,1-2H3,(H,33,34). The molecule has 0 spiro atoms. The fourth-order valence-corrected chi connectivity index (χ4v) is 6.36. The topological polar surface area (TPSA) is 173 Å². The van der Waals surface area contributed by atoms with Crippen molar-refractivity contribution in [3.8, 4) is 0 Å². The molecular weight excluding hydrogens is 552 g/mol. The minimum Gasteiger partial charge on any atom is -0.480 e. The van der Waals surface area contributed by atoms with Crippen LogP contribution in [0.5, 0.6) is 0 Å². The molecule has 0 heterocycles. The molecule has 0 saturated heterocycles. The number of sulfonamides is 1. The Morgan fingerprint density at radius 1 is 1.05 bits per heavy atom. The van der Waals surface area contributed by atoms with Gasteiger partial charge in [-0.2, -0.15) is 16.5 Å². The average Bonchev–Trinajstić information content (AvgIpc) is 2.92. The van der Waals surface area contributed by atoms with Gasteiger partial charge in [0, 0.05) is 11.5 Å². The van der Waals surface area contributed by atoms with Crippen molar-refractivity contribution in [2.24, 2.45) is 11.5 Å². The van der Waals surface area contributed by atoms with E-state index in [-0.39, 0.29) is 23.5 Å². The SMILES string of the molecule is CCC(C(=O)C(N)CSCc1ccccc1)N(CC(=O)O)C(=O)C(CCCCN)NS(=O)(=O)c1ccc(C)cc1. The van der Waals surface area contributed by atoms with Gasteiger partial charge in [0.1, 0.15) is 12.6 Å². The fraction of sp³-hybridized carbons (Fsp3) is 0.464. The number of carboxylic acid groups (broad SMARTS) is 1. The Hall–Kier alpha value is -2.77. The van der Waals surface area contributed by atoms with Crippen molar-refractivity contribution < 1.29 is 27.9 Å². The number of unbranched alkanes of at least 4 members (excludes halogenated alkanes) is 1. The molecule has 0 saturated carbocycles. The van der Waals surface area contributed by atoms with Crippen LogP contribution in [0.25, 0.3) is 0 Å². The number of nitrogens with two attached hydrogens (primary N) is 2. The number of ketones is 1. The molecule has 0 fully saturated rings. The van der Waals surface area contributed by atoms with E-state index in [9.17, 15) is 27.9 Å². The summed E-state index contributed by atoms with van der Waals surface area (Å²) in [6.07, 6.45) is 1.16. The third-order valence-electron chi connectivity index (χ3n) is 6.33. The third-order valence-corrected chi connectivity index (χ3v) is 8.95. The number of hydrogen-bond donors (Lipinski definition) is 4. The highest BCUT2D eigenvalue weighted by Gasteiger charge is 2.37. The first-order valence-corrected chi connectivity index (χ1v) is 15.9. The lowest BCUT2D eigenvalue weighted by atomic mass is 10.0. The van der Waals surface area contributed by atoms with E-state index in [0.717, 1.165) is 16.0 Å². The first-order valence-electron chi connectivity index (χ1n) is 13.2. The molecule has 6 N–H and O–H groups in total. The van der Waals surface area contributed by atoms with Crippen LogP contribution in [0.3, 0.4) is 0 Å². The highest BCUT2D eigenvalue weighted by Crippen LogP contribution is 2.18. The summed E-state index contributed by atoms with van der Waals surface area (Å²) in [6.45, 7) is 3.05. The Bertz CT molecular complexity index is 1210. The smallest absolute Gasteiger partial charge is 0.323 e. The fourth-order valence-electron chi connectivity index (χ4n) is 4.17. The molecule has 0 bridgehead atoms.